The first-order valence-corrected chi connectivity index (χ1v) is 7.28. The molecule has 0 fully saturated rings. The van der Waals surface area contributed by atoms with Crippen LogP contribution in [0, 0.1) is 0 Å². The summed E-state index contributed by atoms with van der Waals surface area (Å²) in [6, 6.07) is 18.6. The van der Waals surface area contributed by atoms with Gasteiger partial charge in [-0.3, -0.25) is 4.79 Å². The Bertz CT molecular complexity index is 583. The summed E-state index contributed by atoms with van der Waals surface area (Å²) in [5, 5.41) is 0. The molecule has 0 aliphatic carbocycles. The monoisotopic (exact) mass is 282 g/mol. The standard InChI is InChI=1S/C19H22O2/c1-15(20)13-14-21-18-11-9-17(10-12-18)19(2,3)16-7-5-4-6-8-16/h4-12H,13-14H2,1-3H3. The lowest BCUT2D eigenvalue weighted by Crippen LogP contribution is -2.18. The third-order valence-corrected chi connectivity index (χ3v) is 3.79. The molecule has 0 saturated heterocycles. The molecule has 0 bridgehead atoms. The minimum absolute atomic E-state index is 0.0425. The van der Waals surface area contributed by atoms with E-state index in [1.54, 1.807) is 6.92 Å². The Kier molecular flexibility index (Phi) is 4.79. The molecule has 0 heterocycles. The van der Waals surface area contributed by atoms with Gasteiger partial charge in [0.15, 0.2) is 0 Å². The molecule has 21 heavy (non-hydrogen) atoms. The Labute approximate surface area is 126 Å². The van der Waals surface area contributed by atoms with Crippen LogP contribution in [0.2, 0.25) is 0 Å². The average Bonchev–Trinajstić information content (AvgIpc) is 2.48. The van der Waals surface area contributed by atoms with Crippen molar-refractivity contribution in [2.45, 2.75) is 32.6 Å². The van der Waals surface area contributed by atoms with E-state index in [4.69, 9.17) is 4.74 Å². The summed E-state index contributed by atoms with van der Waals surface area (Å²) in [4.78, 5) is 10.9. The van der Waals surface area contributed by atoms with Crippen molar-refractivity contribution in [1.82, 2.24) is 0 Å². The van der Waals surface area contributed by atoms with Gasteiger partial charge in [0, 0.05) is 11.8 Å². The first kappa shape index (κ1) is 15.3. The van der Waals surface area contributed by atoms with Gasteiger partial charge in [-0.15, -0.1) is 0 Å². The number of carbonyl (C=O) groups is 1. The van der Waals surface area contributed by atoms with Crippen molar-refractivity contribution in [2.75, 3.05) is 6.61 Å². The summed E-state index contributed by atoms with van der Waals surface area (Å²) in [5.41, 5.74) is 2.49. The van der Waals surface area contributed by atoms with Crippen LogP contribution in [0.25, 0.3) is 0 Å². The van der Waals surface area contributed by atoms with E-state index in [0.29, 0.717) is 13.0 Å². The smallest absolute Gasteiger partial charge is 0.133 e. The van der Waals surface area contributed by atoms with E-state index in [9.17, 15) is 4.79 Å². The van der Waals surface area contributed by atoms with Gasteiger partial charge in [-0.25, -0.2) is 0 Å². The topological polar surface area (TPSA) is 26.3 Å². The number of ketones is 1. The van der Waals surface area contributed by atoms with Crippen LogP contribution in [0.3, 0.4) is 0 Å². The lowest BCUT2D eigenvalue weighted by Gasteiger charge is -2.26. The number of rotatable bonds is 6. The molecule has 0 atom stereocenters. The minimum atomic E-state index is -0.0425. The molecule has 2 nitrogen and oxygen atoms in total. The maximum absolute atomic E-state index is 10.9. The maximum atomic E-state index is 10.9. The predicted octanol–water partition coefficient (Wildman–Crippen LogP) is 4.37. The Hall–Kier alpha value is -2.09. The van der Waals surface area contributed by atoms with Gasteiger partial charge in [0.2, 0.25) is 0 Å². The molecule has 110 valence electrons. The van der Waals surface area contributed by atoms with Gasteiger partial charge in [-0.2, -0.15) is 0 Å². The van der Waals surface area contributed by atoms with Crippen LogP contribution >= 0.6 is 0 Å². The molecule has 0 unspecified atom stereocenters. The second kappa shape index (κ2) is 6.57. The summed E-state index contributed by atoms with van der Waals surface area (Å²) < 4.78 is 5.57. The molecule has 0 spiro atoms. The number of ether oxygens (including phenoxy) is 1. The van der Waals surface area contributed by atoms with Crippen LogP contribution < -0.4 is 4.74 Å². The second-order valence-corrected chi connectivity index (χ2v) is 5.82. The highest BCUT2D eigenvalue weighted by Crippen LogP contribution is 2.32. The van der Waals surface area contributed by atoms with Crippen LogP contribution in [0.15, 0.2) is 54.6 Å². The molecule has 0 aliphatic rings. The fourth-order valence-corrected chi connectivity index (χ4v) is 2.30. The van der Waals surface area contributed by atoms with E-state index < -0.39 is 0 Å². The largest absolute Gasteiger partial charge is 0.493 e. The van der Waals surface area contributed by atoms with E-state index in [2.05, 4.69) is 50.2 Å². The quantitative estimate of drug-likeness (QED) is 0.786. The Morgan fingerprint density at radius 2 is 1.52 bits per heavy atom. The Morgan fingerprint density at radius 3 is 2.10 bits per heavy atom. The molecule has 0 aromatic heterocycles. The van der Waals surface area contributed by atoms with E-state index >= 15 is 0 Å². The van der Waals surface area contributed by atoms with Crippen LogP contribution in [-0.2, 0) is 10.2 Å². The Balaban J connectivity index is 2.09. The van der Waals surface area contributed by atoms with Crippen LogP contribution in [0.5, 0.6) is 5.75 Å². The van der Waals surface area contributed by atoms with Gasteiger partial charge in [0.25, 0.3) is 0 Å². The van der Waals surface area contributed by atoms with Gasteiger partial charge in [0.1, 0.15) is 11.5 Å². The number of Topliss-reactive ketones (excluding diaryl/α,β-unsaturated/α-hetero) is 1. The third-order valence-electron chi connectivity index (χ3n) is 3.79. The number of carbonyl (C=O) groups excluding carboxylic acids is 1. The number of benzene rings is 2. The second-order valence-electron chi connectivity index (χ2n) is 5.82. The fourth-order valence-electron chi connectivity index (χ4n) is 2.30. The minimum Gasteiger partial charge on any atom is -0.493 e. The fraction of sp³-hybridized carbons (Fsp3) is 0.316. The molecule has 2 rings (SSSR count). The molecule has 0 aliphatic heterocycles. The van der Waals surface area contributed by atoms with E-state index in [1.807, 2.05) is 18.2 Å². The lowest BCUT2D eigenvalue weighted by atomic mass is 9.78. The van der Waals surface area contributed by atoms with Gasteiger partial charge in [-0.05, 0) is 30.2 Å². The zero-order valence-electron chi connectivity index (χ0n) is 12.9. The zero-order valence-corrected chi connectivity index (χ0v) is 12.9. The summed E-state index contributed by atoms with van der Waals surface area (Å²) in [5.74, 6) is 0.959. The van der Waals surface area contributed by atoms with Crippen molar-refractivity contribution in [3.05, 3.63) is 65.7 Å². The summed E-state index contributed by atoms with van der Waals surface area (Å²) >= 11 is 0. The third kappa shape index (κ3) is 3.94. The maximum Gasteiger partial charge on any atom is 0.133 e. The molecule has 2 aromatic rings. The zero-order chi connectivity index (χ0) is 15.3. The average molecular weight is 282 g/mol. The van der Waals surface area contributed by atoms with E-state index in [1.165, 1.54) is 11.1 Å². The van der Waals surface area contributed by atoms with Crippen molar-refractivity contribution in [1.29, 1.82) is 0 Å². The summed E-state index contributed by atoms with van der Waals surface area (Å²) in [6.45, 7) is 6.45. The molecule has 2 heteroatoms. The molecular weight excluding hydrogens is 260 g/mol. The predicted molar refractivity (Wildman–Crippen MR) is 85.8 cm³/mol. The van der Waals surface area contributed by atoms with Crippen molar-refractivity contribution < 1.29 is 9.53 Å². The van der Waals surface area contributed by atoms with E-state index in [0.717, 1.165) is 5.75 Å². The Morgan fingerprint density at radius 1 is 0.952 bits per heavy atom. The SMILES string of the molecule is CC(=O)CCOc1ccc(C(C)(C)c2ccccc2)cc1. The number of hydrogen-bond acceptors (Lipinski definition) is 2. The first-order chi connectivity index (χ1) is 10.00. The van der Waals surface area contributed by atoms with Crippen molar-refractivity contribution in [3.8, 4) is 5.75 Å². The van der Waals surface area contributed by atoms with Crippen molar-refractivity contribution >= 4 is 5.78 Å². The molecular formula is C19H22O2. The molecule has 0 N–H and O–H groups in total. The van der Waals surface area contributed by atoms with Crippen LogP contribution in [0.4, 0.5) is 0 Å². The molecule has 0 amide bonds. The van der Waals surface area contributed by atoms with Crippen LogP contribution in [0.1, 0.15) is 38.3 Å². The van der Waals surface area contributed by atoms with E-state index in [-0.39, 0.29) is 11.2 Å². The van der Waals surface area contributed by atoms with Gasteiger partial charge in [-0.1, -0.05) is 56.3 Å². The molecule has 2 aromatic carbocycles. The number of hydrogen-bond donors (Lipinski definition) is 0. The van der Waals surface area contributed by atoms with Crippen LogP contribution in [-0.4, -0.2) is 12.4 Å². The lowest BCUT2D eigenvalue weighted by molar-refractivity contribution is -0.117. The highest BCUT2D eigenvalue weighted by molar-refractivity contribution is 5.75. The molecule has 0 saturated carbocycles. The summed E-state index contributed by atoms with van der Waals surface area (Å²) in [7, 11) is 0. The highest BCUT2D eigenvalue weighted by atomic mass is 16.5. The first-order valence-electron chi connectivity index (χ1n) is 7.28. The molecule has 0 radical (unpaired) electrons. The normalized spacial score (nSPS) is 11.2. The summed E-state index contributed by atoms with van der Waals surface area (Å²) in [6.07, 6.45) is 0.456. The van der Waals surface area contributed by atoms with Gasteiger partial charge < -0.3 is 4.74 Å². The van der Waals surface area contributed by atoms with Gasteiger partial charge in [0.05, 0.1) is 6.61 Å². The van der Waals surface area contributed by atoms with Gasteiger partial charge >= 0.3 is 0 Å². The van der Waals surface area contributed by atoms with Crippen molar-refractivity contribution in [3.63, 3.8) is 0 Å². The highest BCUT2D eigenvalue weighted by Gasteiger charge is 2.22. The van der Waals surface area contributed by atoms with Crippen molar-refractivity contribution in [2.24, 2.45) is 0 Å².